The zero-order valence-electron chi connectivity index (χ0n) is 15.1. The number of ether oxygens (including phenoxy) is 1. The summed E-state index contributed by atoms with van der Waals surface area (Å²) < 4.78 is 4.95. The zero-order chi connectivity index (χ0) is 18.8. The highest BCUT2D eigenvalue weighted by atomic mass is 16.5. The van der Waals surface area contributed by atoms with Crippen molar-refractivity contribution in [3.63, 3.8) is 0 Å². The number of carbonyl (C=O) groups excluding carboxylic acids is 2. The van der Waals surface area contributed by atoms with Crippen molar-refractivity contribution in [2.45, 2.75) is 33.1 Å². The molecule has 1 heterocycles. The Labute approximate surface area is 153 Å². The van der Waals surface area contributed by atoms with Gasteiger partial charge in [-0.2, -0.15) is 0 Å². The van der Waals surface area contributed by atoms with Crippen LogP contribution in [0.25, 0.3) is 0 Å². The minimum absolute atomic E-state index is 0.218. The van der Waals surface area contributed by atoms with Crippen LogP contribution in [0.5, 0.6) is 0 Å². The van der Waals surface area contributed by atoms with E-state index in [-0.39, 0.29) is 11.9 Å². The summed E-state index contributed by atoms with van der Waals surface area (Å²) in [4.78, 5) is 32.1. The van der Waals surface area contributed by atoms with E-state index in [9.17, 15) is 9.59 Å². The lowest BCUT2D eigenvalue weighted by Crippen LogP contribution is -2.25. The predicted molar refractivity (Wildman–Crippen MR) is 99.6 cm³/mol. The first kappa shape index (κ1) is 19.4. The van der Waals surface area contributed by atoms with E-state index in [1.807, 2.05) is 0 Å². The second-order valence-corrected chi connectivity index (χ2v) is 5.65. The Bertz CT molecular complexity index is 732. The molecule has 1 amide bonds. The summed E-state index contributed by atoms with van der Waals surface area (Å²) in [5.74, 6) is -0.267. The van der Waals surface area contributed by atoms with E-state index in [4.69, 9.17) is 4.74 Å². The molecule has 0 atom stereocenters. The van der Waals surface area contributed by atoms with Crippen molar-refractivity contribution < 1.29 is 14.3 Å². The first-order valence-corrected chi connectivity index (χ1v) is 8.79. The summed E-state index contributed by atoms with van der Waals surface area (Å²) in [6, 6.07) is 8.35. The number of carbonyl (C=O) groups is 2. The number of rotatable bonds is 9. The smallest absolute Gasteiger partial charge is 0.338 e. The molecule has 0 saturated carbocycles. The quantitative estimate of drug-likeness (QED) is 0.529. The molecule has 1 aromatic heterocycles. The normalized spacial score (nSPS) is 10.2. The Hall–Kier alpha value is -2.96. The molecular weight excluding hydrogens is 332 g/mol. The average Bonchev–Trinajstić information content (AvgIpc) is 2.66. The number of amides is 1. The van der Waals surface area contributed by atoms with Crippen LogP contribution < -0.4 is 10.6 Å². The SMILES string of the molecule is CCCCCNC(=O)c1ccnc(Nc2ccc(C(=O)OCC)cc2)n1. The van der Waals surface area contributed by atoms with Gasteiger partial charge in [0, 0.05) is 18.4 Å². The Morgan fingerprint density at radius 2 is 1.85 bits per heavy atom. The van der Waals surface area contributed by atoms with Crippen LogP contribution in [-0.4, -0.2) is 35.0 Å². The molecule has 0 aliphatic heterocycles. The summed E-state index contributed by atoms with van der Waals surface area (Å²) in [7, 11) is 0. The maximum Gasteiger partial charge on any atom is 0.338 e. The first-order valence-electron chi connectivity index (χ1n) is 8.79. The van der Waals surface area contributed by atoms with Crippen LogP contribution in [0.1, 0.15) is 54.0 Å². The van der Waals surface area contributed by atoms with Gasteiger partial charge in [0.05, 0.1) is 12.2 Å². The maximum atomic E-state index is 12.1. The minimum atomic E-state index is -0.364. The van der Waals surface area contributed by atoms with Crippen molar-refractivity contribution in [3.8, 4) is 0 Å². The standard InChI is InChI=1S/C19H24N4O3/c1-3-5-6-12-20-17(24)16-11-13-21-19(23-16)22-15-9-7-14(8-10-15)18(25)26-4-2/h7-11,13H,3-6,12H2,1-2H3,(H,20,24)(H,21,22,23). The molecule has 0 spiro atoms. The molecule has 0 radical (unpaired) electrons. The third-order valence-corrected chi connectivity index (χ3v) is 3.61. The highest BCUT2D eigenvalue weighted by molar-refractivity contribution is 5.92. The lowest BCUT2D eigenvalue weighted by Gasteiger charge is -2.08. The van der Waals surface area contributed by atoms with Crippen LogP contribution in [0.2, 0.25) is 0 Å². The van der Waals surface area contributed by atoms with Gasteiger partial charge in [-0.05, 0) is 43.7 Å². The van der Waals surface area contributed by atoms with Crippen molar-refractivity contribution >= 4 is 23.5 Å². The van der Waals surface area contributed by atoms with E-state index < -0.39 is 0 Å². The molecule has 26 heavy (non-hydrogen) atoms. The van der Waals surface area contributed by atoms with Crippen LogP contribution in [-0.2, 0) is 4.74 Å². The van der Waals surface area contributed by atoms with Gasteiger partial charge in [0.1, 0.15) is 5.69 Å². The van der Waals surface area contributed by atoms with Gasteiger partial charge in [0.15, 0.2) is 0 Å². The number of nitrogens with one attached hydrogen (secondary N) is 2. The molecule has 2 aromatic rings. The molecule has 2 N–H and O–H groups in total. The molecule has 0 fully saturated rings. The molecule has 138 valence electrons. The molecule has 0 bridgehead atoms. The van der Waals surface area contributed by atoms with E-state index in [1.54, 1.807) is 37.3 Å². The van der Waals surface area contributed by atoms with E-state index in [0.29, 0.717) is 36.0 Å². The lowest BCUT2D eigenvalue weighted by atomic mass is 10.2. The molecule has 0 saturated heterocycles. The predicted octanol–water partition coefficient (Wildman–Crippen LogP) is 3.32. The number of hydrogen-bond acceptors (Lipinski definition) is 6. The van der Waals surface area contributed by atoms with Crippen LogP contribution >= 0.6 is 0 Å². The molecular formula is C19H24N4O3. The lowest BCUT2D eigenvalue weighted by molar-refractivity contribution is 0.0526. The molecule has 0 unspecified atom stereocenters. The van der Waals surface area contributed by atoms with Gasteiger partial charge in [-0.1, -0.05) is 19.8 Å². The van der Waals surface area contributed by atoms with Crippen LogP contribution in [0.4, 0.5) is 11.6 Å². The highest BCUT2D eigenvalue weighted by Crippen LogP contribution is 2.14. The molecule has 1 aromatic carbocycles. The van der Waals surface area contributed by atoms with Crippen molar-refractivity contribution in [2.75, 3.05) is 18.5 Å². The van der Waals surface area contributed by atoms with Gasteiger partial charge in [-0.25, -0.2) is 14.8 Å². The van der Waals surface area contributed by atoms with E-state index in [1.165, 1.54) is 6.20 Å². The summed E-state index contributed by atoms with van der Waals surface area (Å²) in [5.41, 5.74) is 1.49. The molecule has 2 rings (SSSR count). The van der Waals surface area contributed by atoms with Crippen LogP contribution in [0.3, 0.4) is 0 Å². The molecule has 7 heteroatoms. The van der Waals surface area contributed by atoms with Gasteiger partial charge < -0.3 is 15.4 Å². The average molecular weight is 356 g/mol. The Morgan fingerprint density at radius 3 is 2.54 bits per heavy atom. The second kappa shape index (κ2) is 10.1. The third-order valence-electron chi connectivity index (χ3n) is 3.61. The number of esters is 1. The molecule has 0 aliphatic rings. The number of anilines is 2. The van der Waals surface area contributed by atoms with Crippen LogP contribution in [0, 0.1) is 0 Å². The Kier molecular flexibility index (Phi) is 7.54. The van der Waals surface area contributed by atoms with Gasteiger partial charge >= 0.3 is 5.97 Å². The summed E-state index contributed by atoms with van der Waals surface area (Å²) in [5, 5.41) is 5.87. The zero-order valence-corrected chi connectivity index (χ0v) is 15.1. The summed E-state index contributed by atoms with van der Waals surface area (Å²) >= 11 is 0. The number of unbranched alkanes of at least 4 members (excludes halogenated alkanes) is 2. The number of hydrogen-bond donors (Lipinski definition) is 2. The molecule has 7 nitrogen and oxygen atoms in total. The van der Waals surface area contributed by atoms with Crippen molar-refractivity contribution in [1.82, 2.24) is 15.3 Å². The van der Waals surface area contributed by atoms with Crippen molar-refractivity contribution in [3.05, 3.63) is 47.8 Å². The van der Waals surface area contributed by atoms with E-state index in [2.05, 4.69) is 27.5 Å². The summed E-state index contributed by atoms with van der Waals surface area (Å²) in [6.45, 7) is 4.84. The fraction of sp³-hybridized carbons (Fsp3) is 0.368. The minimum Gasteiger partial charge on any atom is -0.462 e. The largest absolute Gasteiger partial charge is 0.462 e. The monoisotopic (exact) mass is 356 g/mol. The fourth-order valence-electron chi connectivity index (χ4n) is 2.25. The van der Waals surface area contributed by atoms with Gasteiger partial charge in [-0.3, -0.25) is 4.79 Å². The first-order chi connectivity index (χ1) is 12.6. The van der Waals surface area contributed by atoms with Gasteiger partial charge in [0.25, 0.3) is 5.91 Å². The van der Waals surface area contributed by atoms with Crippen molar-refractivity contribution in [2.24, 2.45) is 0 Å². The number of nitrogens with zero attached hydrogens (tertiary/aromatic N) is 2. The van der Waals surface area contributed by atoms with Crippen LogP contribution in [0.15, 0.2) is 36.5 Å². The van der Waals surface area contributed by atoms with Gasteiger partial charge in [0.2, 0.25) is 5.95 Å². The third kappa shape index (κ3) is 5.84. The highest BCUT2D eigenvalue weighted by Gasteiger charge is 2.09. The topological polar surface area (TPSA) is 93.2 Å². The number of aromatic nitrogens is 2. The summed E-state index contributed by atoms with van der Waals surface area (Å²) in [6.07, 6.45) is 4.67. The second-order valence-electron chi connectivity index (χ2n) is 5.65. The van der Waals surface area contributed by atoms with Gasteiger partial charge in [-0.15, -0.1) is 0 Å². The van der Waals surface area contributed by atoms with E-state index in [0.717, 1.165) is 19.3 Å². The fourth-order valence-corrected chi connectivity index (χ4v) is 2.25. The molecule has 0 aliphatic carbocycles. The van der Waals surface area contributed by atoms with E-state index >= 15 is 0 Å². The maximum absolute atomic E-state index is 12.1. The Balaban J connectivity index is 1.97. The van der Waals surface area contributed by atoms with Crippen molar-refractivity contribution in [1.29, 1.82) is 0 Å². The number of benzene rings is 1. The Morgan fingerprint density at radius 1 is 1.08 bits per heavy atom.